The Labute approximate surface area is 190 Å². The van der Waals surface area contributed by atoms with Gasteiger partial charge in [0.2, 0.25) is 5.91 Å². The number of hydrogen-bond donors (Lipinski definition) is 1. The lowest BCUT2D eigenvalue weighted by Gasteiger charge is -2.34. The first-order chi connectivity index (χ1) is 15.5. The first-order valence-electron chi connectivity index (χ1n) is 11.8. The maximum Gasteiger partial charge on any atom is 0.283 e. The third-order valence-corrected chi connectivity index (χ3v) is 6.08. The van der Waals surface area contributed by atoms with Crippen LogP contribution in [0.3, 0.4) is 0 Å². The van der Waals surface area contributed by atoms with Gasteiger partial charge >= 0.3 is 0 Å². The average Bonchev–Trinajstić information content (AvgIpc) is 2.81. The Kier molecular flexibility index (Phi) is 11.1. The number of nitro benzene ring substituents is 1. The summed E-state index contributed by atoms with van der Waals surface area (Å²) in [5, 5.41) is 21.3. The van der Waals surface area contributed by atoms with Crippen molar-refractivity contribution >= 4 is 17.9 Å². The Balaban J connectivity index is 1.76. The first kappa shape index (κ1) is 25.8. The van der Waals surface area contributed by atoms with Crippen molar-refractivity contribution in [2.45, 2.75) is 89.7 Å². The van der Waals surface area contributed by atoms with Gasteiger partial charge < -0.3 is 14.7 Å². The maximum atomic E-state index is 12.8. The SMILES string of the molecule is CCCCN(C(=O)CCC(O)CCCOc1cccc([N+](=O)[O-])c1C=O)C1CCCCC1. The molecule has 1 saturated carbocycles. The molecule has 2 rings (SSSR count). The van der Waals surface area contributed by atoms with Crippen molar-refractivity contribution in [1.29, 1.82) is 0 Å². The van der Waals surface area contributed by atoms with Gasteiger partial charge in [0.25, 0.3) is 5.69 Å². The highest BCUT2D eigenvalue weighted by atomic mass is 16.6. The highest BCUT2D eigenvalue weighted by molar-refractivity contribution is 5.85. The van der Waals surface area contributed by atoms with Gasteiger partial charge in [0, 0.05) is 25.1 Å². The van der Waals surface area contributed by atoms with Crippen molar-refractivity contribution < 1.29 is 24.4 Å². The summed E-state index contributed by atoms with van der Waals surface area (Å²) in [4.78, 5) is 36.5. The number of amides is 1. The van der Waals surface area contributed by atoms with Crippen molar-refractivity contribution in [3.05, 3.63) is 33.9 Å². The monoisotopic (exact) mass is 448 g/mol. The van der Waals surface area contributed by atoms with E-state index in [4.69, 9.17) is 4.74 Å². The number of aliphatic hydroxyl groups is 1. The molecule has 1 aliphatic rings. The van der Waals surface area contributed by atoms with Crippen molar-refractivity contribution in [2.24, 2.45) is 0 Å². The molecule has 0 spiro atoms. The Bertz CT molecular complexity index is 748. The number of hydrogen-bond acceptors (Lipinski definition) is 6. The predicted octanol–water partition coefficient (Wildman–Crippen LogP) is 4.67. The van der Waals surface area contributed by atoms with Crippen LogP contribution in [0, 0.1) is 10.1 Å². The number of aldehydes is 1. The van der Waals surface area contributed by atoms with Crippen molar-refractivity contribution in [3.8, 4) is 5.75 Å². The molecular weight excluding hydrogens is 412 g/mol. The van der Waals surface area contributed by atoms with Gasteiger partial charge in [-0.3, -0.25) is 19.7 Å². The number of benzene rings is 1. The number of ether oxygens (including phenoxy) is 1. The molecule has 8 heteroatoms. The zero-order valence-electron chi connectivity index (χ0n) is 19.0. The summed E-state index contributed by atoms with van der Waals surface area (Å²) in [6.45, 7) is 3.14. The van der Waals surface area contributed by atoms with Gasteiger partial charge in [-0.1, -0.05) is 38.7 Å². The summed E-state index contributed by atoms with van der Waals surface area (Å²) in [7, 11) is 0. The summed E-state index contributed by atoms with van der Waals surface area (Å²) in [5.74, 6) is 0.297. The van der Waals surface area contributed by atoms with E-state index in [0.29, 0.717) is 38.0 Å². The Morgan fingerprint density at radius 2 is 2.03 bits per heavy atom. The molecule has 1 amide bonds. The van der Waals surface area contributed by atoms with E-state index in [1.807, 2.05) is 4.90 Å². The quantitative estimate of drug-likeness (QED) is 0.192. The molecule has 1 aliphatic carbocycles. The molecule has 1 aromatic carbocycles. The molecule has 1 fully saturated rings. The van der Waals surface area contributed by atoms with Gasteiger partial charge in [-0.05, 0) is 44.6 Å². The summed E-state index contributed by atoms with van der Waals surface area (Å²) < 4.78 is 5.53. The van der Waals surface area contributed by atoms with Crippen LogP contribution in [0.2, 0.25) is 0 Å². The van der Waals surface area contributed by atoms with Crippen molar-refractivity contribution in [1.82, 2.24) is 4.90 Å². The van der Waals surface area contributed by atoms with Crippen LogP contribution in [0.25, 0.3) is 0 Å². The predicted molar refractivity (Wildman–Crippen MR) is 122 cm³/mol. The van der Waals surface area contributed by atoms with Crippen LogP contribution in [-0.2, 0) is 4.79 Å². The summed E-state index contributed by atoms with van der Waals surface area (Å²) in [5.41, 5.74) is -0.375. The highest BCUT2D eigenvalue weighted by Crippen LogP contribution is 2.27. The van der Waals surface area contributed by atoms with E-state index in [2.05, 4.69) is 6.92 Å². The minimum atomic E-state index is -0.617. The lowest BCUT2D eigenvalue weighted by atomic mass is 9.93. The molecular formula is C24H36N2O6. The van der Waals surface area contributed by atoms with E-state index in [1.54, 1.807) is 0 Å². The number of rotatable bonds is 14. The molecule has 1 aromatic rings. The van der Waals surface area contributed by atoms with Gasteiger partial charge in [-0.15, -0.1) is 0 Å². The minimum absolute atomic E-state index is 0.0847. The van der Waals surface area contributed by atoms with Gasteiger partial charge in [0.05, 0.1) is 17.6 Å². The van der Waals surface area contributed by atoms with Gasteiger partial charge in [-0.2, -0.15) is 0 Å². The zero-order chi connectivity index (χ0) is 23.3. The van der Waals surface area contributed by atoms with Crippen LogP contribution in [0.15, 0.2) is 18.2 Å². The standard InChI is InChI=1S/C24H36N2O6/c1-2-3-16-25(19-9-5-4-6-10-19)24(29)15-14-20(28)11-8-17-32-23-13-7-12-22(26(30)31)21(23)18-27/h7,12-13,18-20,28H,2-6,8-11,14-17H2,1H3. The summed E-state index contributed by atoms with van der Waals surface area (Å²) in [6.07, 6.45) is 9.34. The number of unbranched alkanes of at least 4 members (excludes halogenated alkanes) is 1. The van der Waals surface area contributed by atoms with Crippen LogP contribution in [-0.4, -0.2) is 52.4 Å². The maximum absolute atomic E-state index is 12.8. The molecule has 8 nitrogen and oxygen atoms in total. The molecule has 0 radical (unpaired) electrons. The molecule has 0 aromatic heterocycles. The van der Waals surface area contributed by atoms with Gasteiger partial charge in [0.1, 0.15) is 11.3 Å². The van der Waals surface area contributed by atoms with E-state index < -0.39 is 11.0 Å². The lowest BCUT2D eigenvalue weighted by molar-refractivity contribution is -0.385. The molecule has 32 heavy (non-hydrogen) atoms. The molecule has 178 valence electrons. The molecule has 0 heterocycles. The average molecular weight is 449 g/mol. The summed E-state index contributed by atoms with van der Waals surface area (Å²) in [6, 6.07) is 4.59. The number of carbonyl (C=O) groups excluding carboxylic acids is 2. The van der Waals surface area contributed by atoms with E-state index in [-0.39, 0.29) is 29.5 Å². The van der Waals surface area contributed by atoms with Gasteiger partial charge in [0.15, 0.2) is 6.29 Å². The minimum Gasteiger partial charge on any atom is -0.493 e. The van der Waals surface area contributed by atoms with Crippen LogP contribution in [0.1, 0.15) is 87.9 Å². The molecule has 1 atom stereocenters. The lowest BCUT2D eigenvalue weighted by Crippen LogP contribution is -2.42. The topological polar surface area (TPSA) is 110 Å². The van der Waals surface area contributed by atoms with E-state index in [9.17, 15) is 24.8 Å². The van der Waals surface area contributed by atoms with Crippen LogP contribution < -0.4 is 4.74 Å². The van der Waals surface area contributed by atoms with E-state index in [0.717, 1.165) is 32.2 Å². The number of aliphatic hydroxyl groups excluding tert-OH is 1. The molecule has 1 unspecified atom stereocenters. The number of carbonyl (C=O) groups is 2. The van der Waals surface area contributed by atoms with Crippen molar-refractivity contribution in [3.63, 3.8) is 0 Å². The molecule has 1 N–H and O–H groups in total. The fourth-order valence-electron chi connectivity index (χ4n) is 4.25. The van der Waals surface area contributed by atoms with Crippen molar-refractivity contribution in [2.75, 3.05) is 13.2 Å². The van der Waals surface area contributed by atoms with Crippen LogP contribution in [0.5, 0.6) is 5.75 Å². The molecule has 0 saturated heterocycles. The second-order valence-corrected chi connectivity index (χ2v) is 8.48. The highest BCUT2D eigenvalue weighted by Gasteiger charge is 2.25. The molecule has 0 bridgehead atoms. The van der Waals surface area contributed by atoms with Crippen LogP contribution in [0.4, 0.5) is 5.69 Å². The Hall–Kier alpha value is -2.48. The van der Waals surface area contributed by atoms with Gasteiger partial charge in [-0.25, -0.2) is 0 Å². The zero-order valence-corrected chi connectivity index (χ0v) is 19.0. The molecule has 0 aliphatic heterocycles. The second kappa shape index (κ2) is 13.8. The third-order valence-electron chi connectivity index (χ3n) is 6.08. The van der Waals surface area contributed by atoms with E-state index in [1.165, 1.54) is 37.5 Å². The summed E-state index contributed by atoms with van der Waals surface area (Å²) >= 11 is 0. The van der Waals surface area contributed by atoms with Crippen LogP contribution >= 0.6 is 0 Å². The third kappa shape index (κ3) is 7.89. The van der Waals surface area contributed by atoms with E-state index >= 15 is 0 Å². The smallest absolute Gasteiger partial charge is 0.283 e. The normalized spacial score (nSPS) is 15.2. The largest absolute Gasteiger partial charge is 0.493 e. The number of nitrogens with zero attached hydrogens (tertiary/aromatic N) is 2. The fourth-order valence-corrected chi connectivity index (χ4v) is 4.25. The Morgan fingerprint density at radius 1 is 1.28 bits per heavy atom. The fraction of sp³-hybridized carbons (Fsp3) is 0.667. The Morgan fingerprint density at radius 3 is 2.69 bits per heavy atom. The second-order valence-electron chi connectivity index (χ2n) is 8.48. The number of nitro groups is 1. The first-order valence-corrected chi connectivity index (χ1v) is 11.8.